The Kier molecular flexibility index (Phi) is 5.81. The number of hydrogen-bond donors (Lipinski definition) is 1. The first-order valence-electron chi connectivity index (χ1n) is 7.16. The lowest BCUT2D eigenvalue weighted by molar-refractivity contribution is 0.646. The lowest BCUT2D eigenvalue weighted by atomic mass is 10.1. The summed E-state index contributed by atoms with van der Waals surface area (Å²) in [7, 11) is 0. The predicted molar refractivity (Wildman–Crippen MR) is 87.1 cm³/mol. The van der Waals surface area contributed by atoms with Gasteiger partial charge in [0.15, 0.2) is 5.82 Å². The van der Waals surface area contributed by atoms with E-state index in [0.717, 1.165) is 12.8 Å². The third kappa shape index (κ3) is 4.33. The van der Waals surface area contributed by atoms with E-state index in [2.05, 4.69) is 22.4 Å². The third-order valence-electron chi connectivity index (χ3n) is 3.23. The Morgan fingerprint density at radius 1 is 1.33 bits per heavy atom. The molecule has 0 saturated carbocycles. The lowest BCUT2D eigenvalue weighted by Crippen LogP contribution is -2.31. The van der Waals surface area contributed by atoms with Gasteiger partial charge < -0.3 is 9.88 Å². The van der Waals surface area contributed by atoms with Gasteiger partial charge in [-0.05, 0) is 18.4 Å². The maximum atomic E-state index is 12.3. The van der Waals surface area contributed by atoms with Crippen LogP contribution in [0.5, 0.6) is 0 Å². The number of alkyl halides is 1. The summed E-state index contributed by atoms with van der Waals surface area (Å²) in [6.07, 6.45) is 5.03. The van der Waals surface area contributed by atoms with Crippen LogP contribution in [0.2, 0.25) is 0 Å². The molecule has 0 aliphatic rings. The summed E-state index contributed by atoms with van der Waals surface area (Å²) in [5.41, 5.74) is 1.09. The van der Waals surface area contributed by atoms with E-state index < -0.39 is 0 Å². The molecule has 1 aromatic heterocycles. The molecular weight excluding hydrogens is 286 g/mol. The highest BCUT2D eigenvalue weighted by molar-refractivity contribution is 6.18. The minimum Gasteiger partial charge on any atom is -0.361 e. The summed E-state index contributed by atoms with van der Waals surface area (Å²) in [5, 5.41) is 3.17. The molecular formula is C16H20ClN3O. The zero-order valence-electron chi connectivity index (χ0n) is 12.1. The molecule has 1 heterocycles. The summed E-state index contributed by atoms with van der Waals surface area (Å²) in [4.78, 5) is 16.4. The third-order valence-corrected chi connectivity index (χ3v) is 3.60. The second-order valence-corrected chi connectivity index (χ2v) is 5.27. The van der Waals surface area contributed by atoms with Crippen molar-refractivity contribution in [3.05, 3.63) is 58.6 Å². The van der Waals surface area contributed by atoms with Gasteiger partial charge in [-0.15, -0.1) is 11.6 Å². The number of hydrogen-bond acceptors (Lipinski definition) is 3. The predicted octanol–water partition coefficient (Wildman–Crippen LogP) is 2.92. The van der Waals surface area contributed by atoms with Gasteiger partial charge in [-0.3, -0.25) is 4.79 Å². The van der Waals surface area contributed by atoms with E-state index in [1.54, 1.807) is 17.0 Å². The molecule has 0 amide bonds. The molecule has 2 aromatic rings. The number of aryl methyl sites for hydroxylation is 1. The average Bonchev–Trinajstić information content (AvgIpc) is 2.51. The molecule has 0 fully saturated rings. The summed E-state index contributed by atoms with van der Waals surface area (Å²) in [6, 6.07) is 10.1. The molecule has 1 atom stereocenters. The zero-order chi connectivity index (χ0) is 15.1. The van der Waals surface area contributed by atoms with Crippen molar-refractivity contribution in [1.82, 2.24) is 9.55 Å². The molecule has 2 rings (SSSR count). The van der Waals surface area contributed by atoms with Crippen LogP contribution < -0.4 is 10.9 Å². The summed E-state index contributed by atoms with van der Waals surface area (Å²) < 4.78 is 1.67. The Bertz CT molecular complexity index is 612. The van der Waals surface area contributed by atoms with Crippen molar-refractivity contribution < 1.29 is 0 Å². The minimum absolute atomic E-state index is 0.0215. The zero-order valence-corrected chi connectivity index (χ0v) is 12.9. The van der Waals surface area contributed by atoms with Crippen molar-refractivity contribution in [2.24, 2.45) is 0 Å². The van der Waals surface area contributed by atoms with E-state index in [9.17, 15) is 4.79 Å². The first-order valence-corrected chi connectivity index (χ1v) is 7.70. The fourth-order valence-corrected chi connectivity index (χ4v) is 2.39. The van der Waals surface area contributed by atoms with E-state index >= 15 is 0 Å². The fourth-order valence-electron chi connectivity index (χ4n) is 2.20. The van der Waals surface area contributed by atoms with Gasteiger partial charge in [0.2, 0.25) is 0 Å². The number of rotatable bonds is 7. The van der Waals surface area contributed by atoms with Crippen LogP contribution in [0.15, 0.2) is 47.5 Å². The molecule has 0 bridgehead atoms. The van der Waals surface area contributed by atoms with E-state index in [4.69, 9.17) is 11.6 Å². The van der Waals surface area contributed by atoms with Crippen molar-refractivity contribution in [3.8, 4) is 0 Å². The Hall–Kier alpha value is -1.81. The van der Waals surface area contributed by atoms with Gasteiger partial charge in [0.05, 0.1) is 0 Å². The number of nitrogens with one attached hydrogen (secondary N) is 1. The Morgan fingerprint density at radius 2 is 2.10 bits per heavy atom. The molecule has 4 nitrogen and oxygen atoms in total. The second-order valence-electron chi connectivity index (χ2n) is 4.96. The van der Waals surface area contributed by atoms with Crippen LogP contribution in [0.3, 0.4) is 0 Å². The quantitative estimate of drug-likeness (QED) is 0.800. The average molecular weight is 306 g/mol. The van der Waals surface area contributed by atoms with E-state index in [1.807, 2.05) is 25.1 Å². The normalized spacial score (nSPS) is 12.1. The molecule has 21 heavy (non-hydrogen) atoms. The maximum absolute atomic E-state index is 12.3. The summed E-state index contributed by atoms with van der Waals surface area (Å²) in [6.45, 7) is 2.73. The SMILES string of the molecule is CCCn1ccnc(NC(CCl)Cc2ccccc2)c1=O. The molecule has 0 spiro atoms. The largest absolute Gasteiger partial charge is 0.361 e. The number of halogens is 1. The number of aromatic nitrogens is 2. The summed E-state index contributed by atoms with van der Waals surface area (Å²) >= 11 is 6.02. The van der Waals surface area contributed by atoms with Crippen molar-refractivity contribution in [2.75, 3.05) is 11.2 Å². The first kappa shape index (κ1) is 15.6. The van der Waals surface area contributed by atoms with Crippen molar-refractivity contribution in [2.45, 2.75) is 32.4 Å². The van der Waals surface area contributed by atoms with Gasteiger partial charge in [-0.2, -0.15) is 0 Å². The Balaban J connectivity index is 2.12. The topological polar surface area (TPSA) is 46.9 Å². The highest BCUT2D eigenvalue weighted by Gasteiger charge is 2.12. The monoisotopic (exact) mass is 305 g/mol. The summed E-state index contributed by atoms with van der Waals surface area (Å²) in [5.74, 6) is 0.783. The van der Waals surface area contributed by atoms with Crippen molar-refractivity contribution in [1.29, 1.82) is 0 Å². The van der Waals surface area contributed by atoms with Gasteiger partial charge in [-0.1, -0.05) is 37.3 Å². The highest BCUT2D eigenvalue weighted by atomic mass is 35.5. The molecule has 112 valence electrons. The van der Waals surface area contributed by atoms with E-state index in [0.29, 0.717) is 18.2 Å². The van der Waals surface area contributed by atoms with Crippen LogP contribution in [0.1, 0.15) is 18.9 Å². The van der Waals surface area contributed by atoms with Crippen LogP contribution in [-0.4, -0.2) is 21.5 Å². The van der Waals surface area contributed by atoms with Crippen LogP contribution in [-0.2, 0) is 13.0 Å². The Labute approximate surface area is 129 Å². The smallest absolute Gasteiger partial charge is 0.293 e. The standard InChI is InChI=1S/C16H20ClN3O/c1-2-9-20-10-8-18-15(16(20)21)19-14(12-17)11-13-6-4-3-5-7-13/h3-8,10,14H,2,9,11-12H2,1H3,(H,18,19). The van der Waals surface area contributed by atoms with Gasteiger partial charge in [-0.25, -0.2) is 4.98 Å². The van der Waals surface area contributed by atoms with Gasteiger partial charge in [0, 0.05) is 30.9 Å². The van der Waals surface area contributed by atoms with Gasteiger partial charge in [0.25, 0.3) is 5.56 Å². The molecule has 5 heteroatoms. The molecule has 0 aliphatic carbocycles. The van der Waals surface area contributed by atoms with Gasteiger partial charge in [0.1, 0.15) is 0 Å². The van der Waals surface area contributed by atoms with Crippen LogP contribution in [0, 0.1) is 0 Å². The molecule has 1 aromatic carbocycles. The number of anilines is 1. The van der Waals surface area contributed by atoms with Crippen molar-refractivity contribution in [3.63, 3.8) is 0 Å². The maximum Gasteiger partial charge on any atom is 0.293 e. The fraction of sp³-hybridized carbons (Fsp3) is 0.375. The molecule has 1 N–H and O–H groups in total. The minimum atomic E-state index is -0.0949. The molecule has 0 radical (unpaired) electrons. The first-order chi connectivity index (χ1) is 10.2. The van der Waals surface area contributed by atoms with E-state index in [-0.39, 0.29) is 11.6 Å². The molecule has 0 saturated heterocycles. The number of nitrogens with zero attached hydrogens (tertiary/aromatic N) is 2. The van der Waals surface area contributed by atoms with Gasteiger partial charge >= 0.3 is 0 Å². The number of benzene rings is 1. The Morgan fingerprint density at radius 3 is 2.76 bits per heavy atom. The second kappa shape index (κ2) is 7.84. The van der Waals surface area contributed by atoms with Crippen molar-refractivity contribution >= 4 is 17.4 Å². The lowest BCUT2D eigenvalue weighted by Gasteiger charge is -2.17. The van der Waals surface area contributed by atoms with Crippen LogP contribution in [0.25, 0.3) is 0 Å². The molecule has 0 aliphatic heterocycles. The highest BCUT2D eigenvalue weighted by Crippen LogP contribution is 2.08. The van der Waals surface area contributed by atoms with Crippen LogP contribution in [0.4, 0.5) is 5.82 Å². The molecule has 1 unspecified atom stereocenters. The van der Waals surface area contributed by atoms with Crippen LogP contribution >= 0.6 is 11.6 Å². The van der Waals surface area contributed by atoms with E-state index in [1.165, 1.54) is 5.56 Å².